The van der Waals surface area contributed by atoms with Gasteiger partial charge in [0.15, 0.2) is 5.17 Å². The number of anilines is 2. The third-order valence-electron chi connectivity index (χ3n) is 4.94. The van der Waals surface area contributed by atoms with Crippen LogP contribution < -0.4 is 15.0 Å². The number of benzene rings is 3. The van der Waals surface area contributed by atoms with Crippen LogP contribution in [0.4, 0.5) is 11.4 Å². The number of phenols is 1. The van der Waals surface area contributed by atoms with Crippen LogP contribution in [0.15, 0.2) is 89.1 Å². The number of nitrogens with one attached hydrogen (secondary N) is 1. The van der Waals surface area contributed by atoms with Gasteiger partial charge in [-0.3, -0.25) is 14.5 Å². The van der Waals surface area contributed by atoms with E-state index in [1.54, 1.807) is 37.6 Å². The number of nitrogens with zero attached hydrogens (tertiary/aromatic N) is 3. The fourth-order valence-electron chi connectivity index (χ4n) is 3.24. The van der Waals surface area contributed by atoms with Crippen LogP contribution in [0.5, 0.6) is 11.5 Å². The van der Waals surface area contributed by atoms with Gasteiger partial charge in [-0.15, -0.1) is 5.10 Å². The number of phenolic OH excluding ortho intramolecular Hbond substituents is 1. The van der Waals surface area contributed by atoms with Gasteiger partial charge in [-0.1, -0.05) is 30.0 Å². The zero-order chi connectivity index (χ0) is 23.9. The van der Waals surface area contributed by atoms with Crippen LogP contribution in [-0.4, -0.2) is 40.7 Å². The zero-order valence-corrected chi connectivity index (χ0v) is 19.1. The van der Waals surface area contributed by atoms with E-state index in [1.165, 1.54) is 28.8 Å². The van der Waals surface area contributed by atoms with Crippen LogP contribution in [0.3, 0.4) is 0 Å². The normalized spacial score (nSPS) is 16.9. The molecule has 8 nitrogen and oxygen atoms in total. The van der Waals surface area contributed by atoms with Gasteiger partial charge in [0.1, 0.15) is 16.7 Å². The molecule has 0 aromatic heterocycles. The Bertz CT molecular complexity index is 1210. The number of ether oxygens (including phenoxy) is 1. The lowest BCUT2D eigenvalue weighted by molar-refractivity contribution is -0.121. The summed E-state index contributed by atoms with van der Waals surface area (Å²) in [7, 11) is 1.60. The van der Waals surface area contributed by atoms with Crippen LogP contribution in [0, 0.1) is 0 Å². The van der Waals surface area contributed by atoms with E-state index in [0.29, 0.717) is 16.5 Å². The second-order valence-electron chi connectivity index (χ2n) is 7.32. The van der Waals surface area contributed by atoms with E-state index < -0.39 is 5.25 Å². The lowest BCUT2D eigenvalue weighted by Crippen LogP contribution is -2.33. The predicted molar refractivity (Wildman–Crippen MR) is 135 cm³/mol. The summed E-state index contributed by atoms with van der Waals surface area (Å²) in [5.41, 5.74) is 2.01. The monoisotopic (exact) mass is 474 g/mol. The van der Waals surface area contributed by atoms with E-state index in [2.05, 4.69) is 15.5 Å². The van der Waals surface area contributed by atoms with Gasteiger partial charge in [0.05, 0.1) is 19.0 Å². The number of carbonyl (C=O) groups excluding carboxylic acids is 2. The number of thioether (sulfide) groups is 1. The average molecular weight is 475 g/mol. The standard InChI is InChI=1S/C25H22N4O4S/c1-33-21-13-7-17(8-14-21)16-26-28-25-29(19-9-11-20(30)12-10-19)24(32)22(34-25)15-23(31)27-18-5-3-2-4-6-18/h2-14,16,22,30H,15H2,1H3,(H,27,31)/b26-16+,28-25+. The number of hydrogen-bond donors (Lipinski definition) is 2. The Morgan fingerprint density at radius 2 is 1.79 bits per heavy atom. The number of rotatable bonds is 7. The largest absolute Gasteiger partial charge is 0.508 e. The lowest BCUT2D eigenvalue weighted by Gasteiger charge is -2.15. The summed E-state index contributed by atoms with van der Waals surface area (Å²) in [6, 6.07) is 22.6. The van der Waals surface area contributed by atoms with Crippen molar-refractivity contribution in [1.82, 2.24) is 0 Å². The Labute approximate surface area is 201 Å². The Balaban J connectivity index is 1.54. The molecular formula is C25H22N4O4S. The Hall–Kier alpha value is -4.11. The molecule has 1 atom stereocenters. The van der Waals surface area contributed by atoms with Gasteiger partial charge < -0.3 is 15.2 Å². The van der Waals surface area contributed by atoms with Crippen molar-refractivity contribution < 1.29 is 19.4 Å². The topological polar surface area (TPSA) is 104 Å². The van der Waals surface area contributed by atoms with Gasteiger partial charge in [0.2, 0.25) is 11.8 Å². The zero-order valence-electron chi connectivity index (χ0n) is 18.3. The smallest absolute Gasteiger partial charge is 0.247 e. The third-order valence-corrected chi connectivity index (χ3v) is 6.06. The molecule has 1 fully saturated rings. The summed E-state index contributed by atoms with van der Waals surface area (Å²) < 4.78 is 5.15. The molecular weight excluding hydrogens is 452 g/mol. The van der Waals surface area contributed by atoms with E-state index in [9.17, 15) is 14.7 Å². The summed E-state index contributed by atoms with van der Waals surface area (Å²) in [5.74, 6) is 0.261. The van der Waals surface area contributed by atoms with E-state index in [4.69, 9.17) is 4.74 Å². The van der Waals surface area contributed by atoms with Gasteiger partial charge in [0, 0.05) is 12.1 Å². The molecule has 0 saturated carbocycles. The SMILES string of the molecule is COc1ccc(/C=N/N=C2/SC(CC(=O)Nc3ccccc3)C(=O)N2c2ccc(O)cc2)cc1. The first-order valence-corrected chi connectivity index (χ1v) is 11.3. The first kappa shape index (κ1) is 23.1. The molecule has 0 aliphatic carbocycles. The summed E-state index contributed by atoms with van der Waals surface area (Å²) in [6.07, 6.45) is 1.55. The predicted octanol–water partition coefficient (Wildman–Crippen LogP) is 4.27. The quantitative estimate of drug-likeness (QED) is 0.393. The molecule has 3 aromatic rings. The fraction of sp³-hybridized carbons (Fsp3) is 0.120. The van der Waals surface area contributed by atoms with E-state index in [1.807, 2.05) is 42.5 Å². The van der Waals surface area contributed by atoms with Crippen LogP contribution in [-0.2, 0) is 9.59 Å². The molecule has 2 amide bonds. The number of carbonyl (C=O) groups is 2. The fourth-order valence-corrected chi connectivity index (χ4v) is 4.33. The number of aromatic hydroxyl groups is 1. The molecule has 1 heterocycles. The average Bonchev–Trinajstić information content (AvgIpc) is 3.15. The maximum Gasteiger partial charge on any atom is 0.247 e. The van der Waals surface area contributed by atoms with Crippen LogP contribution in [0.25, 0.3) is 0 Å². The van der Waals surface area contributed by atoms with Crippen molar-refractivity contribution in [2.45, 2.75) is 11.7 Å². The van der Waals surface area contributed by atoms with E-state index in [-0.39, 0.29) is 24.0 Å². The highest BCUT2D eigenvalue weighted by molar-refractivity contribution is 8.16. The second-order valence-corrected chi connectivity index (χ2v) is 8.49. The molecule has 1 unspecified atom stereocenters. The number of methoxy groups -OCH3 is 1. The Morgan fingerprint density at radius 1 is 1.09 bits per heavy atom. The molecule has 1 aliphatic rings. The highest BCUT2D eigenvalue weighted by atomic mass is 32.2. The van der Waals surface area contributed by atoms with Crippen molar-refractivity contribution in [2.75, 3.05) is 17.3 Å². The van der Waals surface area contributed by atoms with Crippen LogP contribution in [0.2, 0.25) is 0 Å². The number of para-hydroxylation sites is 1. The molecule has 3 aromatic carbocycles. The number of amides is 2. The summed E-state index contributed by atoms with van der Waals surface area (Å²) in [6.45, 7) is 0. The first-order chi connectivity index (χ1) is 16.5. The lowest BCUT2D eigenvalue weighted by atomic mass is 10.2. The summed E-state index contributed by atoms with van der Waals surface area (Å²) in [5, 5.41) is 20.5. The molecule has 2 N–H and O–H groups in total. The van der Waals surface area contributed by atoms with Crippen LogP contribution in [0.1, 0.15) is 12.0 Å². The molecule has 9 heteroatoms. The van der Waals surface area contributed by atoms with Crippen molar-refractivity contribution in [3.8, 4) is 11.5 Å². The maximum absolute atomic E-state index is 13.2. The minimum Gasteiger partial charge on any atom is -0.508 e. The molecule has 0 spiro atoms. The van der Waals surface area contributed by atoms with Gasteiger partial charge in [-0.25, -0.2) is 0 Å². The van der Waals surface area contributed by atoms with Crippen molar-refractivity contribution in [2.24, 2.45) is 10.2 Å². The maximum atomic E-state index is 13.2. The molecule has 4 rings (SSSR count). The van der Waals surface area contributed by atoms with Crippen molar-refractivity contribution in [3.05, 3.63) is 84.4 Å². The molecule has 0 bridgehead atoms. The highest BCUT2D eigenvalue weighted by Gasteiger charge is 2.40. The Kier molecular flexibility index (Phi) is 7.24. The minimum absolute atomic E-state index is 0.0197. The van der Waals surface area contributed by atoms with Crippen LogP contribution >= 0.6 is 11.8 Å². The molecule has 0 radical (unpaired) electrons. The van der Waals surface area contributed by atoms with Gasteiger partial charge in [-0.2, -0.15) is 5.10 Å². The van der Waals surface area contributed by atoms with E-state index >= 15 is 0 Å². The Morgan fingerprint density at radius 3 is 2.47 bits per heavy atom. The van der Waals surface area contributed by atoms with Crippen molar-refractivity contribution >= 4 is 46.3 Å². The molecule has 34 heavy (non-hydrogen) atoms. The number of hydrogen-bond acceptors (Lipinski definition) is 7. The summed E-state index contributed by atoms with van der Waals surface area (Å²) in [4.78, 5) is 27.2. The second kappa shape index (κ2) is 10.7. The highest BCUT2D eigenvalue weighted by Crippen LogP contribution is 2.34. The number of amidine groups is 1. The van der Waals surface area contributed by atoms with Crippen molar-refractivity contribution in [3.63, 3.8) is 0 Å². The molecule has 172 valence electrons. The minimum atomic E-state index is -0.660. The van der Waals surface area contributed by atoms with Gasteiger partial charge in [-0.05, 0) is 66.2 Å². The first-order valence-electron chi connectivity index (χ1n) is 10.4. The third kappa shape index (κ3) is 5.62. The summed E-state index contributed by atoms with van der Waals surface area (Å²) >= 11 is 1.18. The van der Waals surface area contributed by atoms with Gasteiger partial charge in [0.25, 0.3) is 0 Å². The molecule has 1 saturated heterocycles. The van der Waals surface area contributed by atoms with Crippen molar-refractivity contribution in [1.29, 1.82) is 0 Å². The van der Waals surface area contributed by atoms with E-state index in [0.717, 1.165) is 11.3 Å². The van der Waals surface area contributed by atoms with Gasteiger partial charge >= 0.3 is 0 Å². The molecule has 1 aliphatic heterocycles.